The third-order valence-corrected chi connectivity index (χ3v) is 3.60. The average Bonchev–Trinajstić information content (AvgIpc) is 2.71. The van der Waals surface area contributed by atoms with Gasteiger partial charge in [0.15, 0.2) is 0 Å². The molecule has 1 aromatic heterocycles. The van der Waals surface area contributed by atoms with Gasteiger partial charge in [0.05, 0.1) is 12.8 Å². The molecule has 0 saturated heterocycles. The monoisotopic (exact) mass is 289 g/mol. The molecule has 0 fully saturated rings. The van der Waals surface area contributed by atoms with Crippen LogP contribution in [0.5, 0.6) is 0 Å². The van der Waals surface area contributed by atoms with E-state index in [-0.39, 0.29) is 12.0 Å². The van der Waals surface area contributed by atoms with Crippen molar-refractivity contribution in [1.82, 2.24) is 9.36 Å². The number of esters is 1. The number of hydrogen-bond acceptors (Lipinski definition) is 4. The van der Waals surface area contributed by atoms with Crippen molar-refractivity contribution in [2.45, 2.75) is 19.4 Å². The first kappa shape index (κ1) is 15.1. The van der Waals surface area contributed by atoms with E-state index in [9.17, 15) is 9.59 Å². The predicted octanol–water partition coefficient (Wildman–Crippen LogP) is 0.527. The van der Waals surface area contributed by atoms with Crippen molar-refractivity contribution in [1.29, 1.82) is 0 Å². The summed E-state index contributed by atoms with van der Waals surface area (Å²) in [4.78, 5) is 24.0. The zero-order valence-corrected chi connectivity index (χ0v) is 12.4. The maximum atomic E-state index is 12.6. The maximum Gasteiger partial charge on any atom is 0.322 e. The second kappa shape index (κ2) is 5.97. The Bertz CT molecular complexity index is 701. The van der Waals surface area contributed by atoms with E-state index >= 15 is 0 Å². The third kappa shape index (κ3) is 2.75. The Morgan fingerprint density at radius 3 is 2.52 bits per heavy atom. The van der Waals surface area contributed by atoms with E-state index < -0.39 is 12.0 Å². The van der Waals surface area contributed by atoms with E-state index in [1.54, 1.807) is 16.4 Å². The fourth-order valence-corrected chi connectivity index (χ4v) is 2.31. The summed E-state index contributed by atoms with van der Waals surface area (Å²) in [6, 6.07) is 8.48. The quantitative estimate of drug-likeness (QED) is 0.833. The number of ether oxygens (including phenoxy) is 1. The molecule has 112 valence electrons. The molecule has 0 spiro atoms. The number of para-hydroxylation sites is 1. The Labute approximate surface area is 122 Å². The van der Waals surface area contributed by atoms with Crippen molar-refractivity contribution in [2.24, 2.45) is 12.8 Å². The lowest BCUT2D eigenvalue weighted by Crippen LogP contribution is -2.35. The van der Waals surface area contributed by atoms with Crippen molar-refractivity contribution < 1.29 is 9.53 Å². The molecule has 2 N–H and O–H groups in total. The first-order chi connectivity index (χ1) is 9.97. The van der Waals surface area contributed by atoms with Crippen LogP contribution in [0.1, 0.15) is 11.3 Å². The molecule has 21 heavy (non-hydrogen) atoms. The van der Waals surface area contributed by atoms with Gasteiger partial charge in [-0.05, 0) is 19.1 Å². The van der Waals surface area contributed by atoms with Crippen LogP contribution < -0.4 is 11.3 Å². The molecule has 1 unspecified atom stereocenters. The van der Waals surface area contributed by atoms with Gasteiger partial charge in [0.25, 0.3) is 5.56 Å². The highest BCUT2D eigenvalue weighted by atomic mass is 16.5. The Hall–Kier alpha value is -2.34. The minimum absolute atomic E-state index is 0.158. The molecule has 0 saturated carbocycles. The topological polar surface area (TPSA) is 79.2 Å². The zero-order chi connectivity index (χ0) is 15.6. The van der Waals surface area contributed by atoms with Crippen molar-refractivity contribution >= 4 is 5.97 Å². The number of nitrogens with zero attached hydrogens (tertiary/aromatic N) is 2. The van der Waals surface area contributed by atoms with Gasteiger partial charge in [-0.3, -0.25) is 14.3 Å². The van der Waals surface area contributed by atoms with Crippen molar-refractivity contribution in [3.05, 3.63) is 51.9 Å². The van der Waals surface area contributed by atoms with Gasteiger partial charge in [-0.1, -0.05) is 18.2 Å². The van der Waals surface area contributed by atoms with E-state index in [0.717, 1.165) is 11.4 Å². The first-order valence-corrected chi connectivity index (χ1v) is 6.63. The van der Waals surface area contributed by atoms with E-state index in [0.29, 0.717) is 5.56 Å². The van der Waals surface area contributed by atoms with Crippen LogP contribution in [0.3, 0.4) is 0 Å². The highest BCUT2D eigenvalue weighted by molar-refractivity contribution is 5.75. The molecule has 6 nitrogen and oxygen atoms in total. The Kier molecular flexibility index (Phi) is 4.28. The van der Waals surface area contributed by atoms with E-state index in [1.165, 1.54) is 7.11 Å². The molecule has 0 radical (unpaired) electrons. The number of methoxy groups -OCH3 is 1. The van der Waals surface area contributed by atoms with Gasteiger partial charge < -0.3 is 10.5 Å². The van der Waals surface area contributed by atoms with Gasteiger partial charge >= 0.3 is 5.97 Å². The van der Waals surface area contributed by atoms with Crippen molar-refractivity contribution in [3.8, 4) is 5.69 Å². The fourth-order valence-electron chi connectivity index (χ4n) is 2.31. The van der Waals surface area contributed by atoms with Crippen LogP contribution in [0.15, 0.2) is 35.1 Å². The summed E-state index contributed by atoms with van der Waals surface area (Å²) < 4.78 is 7.93. The summed E-state index contributed by atoms with van der Waals surface area (Å²) in [7, 11) is 3.08. The molecule has 2 rings (SSSR count). The number of benzene rings is 1. The number of rotatable bonds is 4. The van der Waals surface area contributed by atoms with Crippen molar-refractivity contribution in [3.63, 3.8) is 0 Å². The number of nitrogens with two attached hydrogens (primary N) is 1. The van der Waals surface area contributed by atoms with Crippen LogP contribution in [-0.2, 0) is 23.0 Å². The highest BCUT2D eigenvalue weighted by Crippen LogP contribution is 2.11. The summed E-state index contributed by atoms with van der Waals surface area (Å²) in [5.41, 5.74) is 7.67. The van der Waals surface area contributed by atoms with Gasteiger partial charge in [-0.2, -0.15) is 0 Å². The number of aromatic nitrogens is 2. The molecule has 1 heterocycles. The van der Waals surface area contributed by atoms with Gasteiger partial charge in [0, 0.05) is 24.7 Å². The largest absolute Gasteiger partial charge is 0.468 e. The lowest BCUT2D eigenvalue weighted by atomic mass is 10.1. The second-order valence-corrected chi connectivity index (χ2v) is 4.87. The summed E-state index contributed by atoms with van der Waals surface area (Å²) >= 11 is 0. The summed E-state index contributed by atoms with van der Waals surface area (Å²) in [6.45, 7) is 1.83. The summed E-state index contributed by atoms with van der Waals surface area (Å²) in [6.07, 6.45) is 0.158. The number of hydrogen-bond donors (Lipinski definition) is 1. The van der Waals surface area contributed by atoms with E-state index in [1.807, 2.05) is 37.3 Å². The predicted molar refractivity (Wildman–Crippen MR) is 79.4 cm³/mol. The molecule has 1 atom stereocenters. The molecule has 0 aliphatic heterocycles. The van der Waals surface area contributed by atoms with Gasteiger partial charge in [-0.15, -0.1) is 0 Å². The van der Waals surface area contributed by atoms with Crippen LogP contribution in [-0.4, -0.2) is 28.5 Å². The number of carbonyl (C=O) groups is 1. The molecule has 0 aliphatic carbocycles. The minimum Gasteiger partial charge on any atom is -0.468 e. The first-order valence-electron chi connectivity index (χ1n) is 6.63. The fraction of sp³-hybridized carbons (Fsp3) is 0.333. The Morgan fingerprint density at radius 2 is 1.95 bits per heavy atom. The molecular weight excluding hydrogens is 270 g/mol. The molecular formula is C15H19N3O3. The zero-order valence-electron chi connectivity index (χ0n) is 12.4. The third-order valence-electron chi connectivity index (χ3n) is 3.60. The normalized spacial score (nSPS) is 12.2. The molecule has 1 aromatic carbocycles. The van der Waals surface area contributed by atoms with Crippen molar-refractivity contribution in [2.75, 3.05) is 7.11 Å². The van der Waals surface area contributed by atoms with E-state index in [2.05, 4.69) is 4.74 Å². The van der Waals surface area contributed by atoms with Gasteiger partial charge in [0.1, 0.15) is 6.04 Å². The Morgan fingerprint density at radius 1 is 1.33 bits per heavy atom. The summed E-state index contributed by atoms with van der Waals surface area (Å²) in [5.74, 6) is -0.524. The standard InChI is InChI=1S/C15H19N3O3/c1-10-12(9-13(16)15(20)21-3)14(19)18(17(10)2)11-7-5-4-6-8-11/h4-8,13H,9,16H2,1-3H3. The molecule has 6 heteroatoms. The smallest absolute Gasteiger partial charge is 0.322 e. The van der Waals surface area contributed by atoms with Crippen LogP contribution in [0.4, 0.5) is 0 Å². The molecule has 2 aromatic rings. The van der Waals surface area contributed by atoms with Gasteiger partial charge in [0.2, 0.25) is 0 Å². The van der Waals surface area contributed by atoms with E-state index in [4.69, 9.17) is 5.73 Å². The highest BCUT2D eigenvalue weighted by Gasteiger charge is 2.22. The number of carbonyl (C=O) groups excluding carboxylic acids is 1. The van der Waals surface area contributed by atoms with Crippen LogP contribution in [0, 0.1) is 6.92 Å². The Balaban J connectivity index is 2.47. The lowest BCUT2D eigenvalue weighted by Gasteiger charge is -2.08. The molecule has 0 aliphatic rings. The average molecular weight is 289 g/mol. The SMILES string of the molecule is COC(=O)C(N)Cc1c(C)n(C)n(-c2ccccc2)c1=O. The second-order valence-electron chi connectivity index (χ2n) is 4.87. The van der Waals surface area contributed by atoms with Gasteiger partial charge in [-0.25, -0.2) is 4.68 Å². The van der Waals surface area contributed by atoms with Crippen LogP contribution in [0.25, 0.3) is 5.69 Å². The molecule has 0 amide bonds. The minimum atomic E-state index is -0.840. The van der Waals surface area contributed by atoms with Crippen LogP contribution >= 0.6 is 0 Å². The lowest BCUT2D eigenvalue weighted by molar-refractivity contribution is -0.142. The van der Waals surface area contributed by atoms with Crippen LogP contribution in [0.2, 0.25) is 0 Å². The maximum absolute atomic E-state index is 12.6. The molecule has 0 bridgehead atoms. The summed E-state index contributed by atoms with van der Waals surface area (Å²) in [5, 5.41) is 0.